The summed E-state index contributed by atoms with van der Waals surface area (Å²) in [6, 6.07) is 14.6. The Labute approximate surface area is 208 Å². The van der Waals surface area contributed by atoms with Crippen LogP contribution in [0.5, 0.6) is 5.75 Å². The molecule has 0 spiro atoms. The zero-order chi connectivity index (χ0) is 24.6. The first kappa shape index (κ1) is 23.1. The standard InChI is InChI=1S/C26H27ClN6O2/c1-26(11-6-12-29-15-26)33-23-19(27)14-30-24(28)21(23)22(32-33)18-10-9-16(13-20(18)35-2)25(34)31-17-7-4-3-5-8-17/h3-5,7-10,13-14,29H,6,11-12,15H2,1-2H3,(H2,28,30)(H,31,34). The molecule has 35 heavy (non-hydrogen) atoms. The molecule has 5 rings (SSSR count). The number of benzene rings is 2. The van der Waals surface area contributed by atoms with Gasteiger partial charge in [0.2, 0.25) is 0 Å². The molecule has 0 saturated carbocycles. The van der Waals surface area contributed by atoms with Gasteiger partial charge in [-0.25, -0.2) is 4.98 Å². The Bertz CT molecular complexity index is 1400. The summed E-state index contributed by atoms with van der Waals surface area (Å²) >= 11 is 6.65. The number of fused-ring (bicyclic) bond motifs is 1. The largest absolute Gasteiger partial charge is 0.496 e. The molecule has 9 heteroatoms. The van der Waals surface area contributed by atoms with Crippen molar-refractivity contribution in [2.24, 2.45) is 0 Å². The van der Waals surface area contributed by atoms with E-state index in [-0.39, 0.29) is 11.4 Å². The number of anilines is 2. The Balaban J connectivity index is 1.62. The van der Waals surface area contributed by atoms with E-state index >= 15 is 0 Å². The summed E-state index contributed by atoms with van der Waals surface area (Å²) in [6.07, 6.45) is 3.54. The van der Waals surface area contributed by atoms with E-state index in [9.17, 15) is 4.79 Å². The number of halogens is 1. The fourth-order valence-corrected chi connectivity index (χ4v) is 4.91. The van der Waals surface area contributed by atoms with Crippen molar-refractivity contribution < 1.29 is 9.53 Å². The Hall–Kier alpha value is -3.62. The molecule has 4 N–H and O–H groups in total. The average Bonchev–Trinajstić information content (AvgIpc) is 3.30. The molecule has 180 valence electrons. The quantitative estimate of drug-likeness (QED) is 0.374. The highest BCUT2D eigenvalue weighted by Gasteiger charge is 2.34. The molecule has 8 nitrogen and oxygen atoms in total. The van der Waals surface area contributed by atoms with E-state index in [4.69, 9.17) is 27.2 Å². The van der Waals surface area contributed by atoms with E-state index in [1.165, 1.54) is 0 Å². The molecule has 1 amide bonds. The molecule has 0 bridgehead atoms. The van der Waals surface area contributed by atoms with Crippen molar-refractivity contribution in [1.82, 2.24) is 20.1 Å². The van der Waals surface area contributed by atoms with Crippen LogP contribution in [-0.2, 0) is 5.54 Å². The maximum absolute atomic E-state index is 12.9. The van der Waals surface area contributed by atoms with Gasteiger partial charge in [0.05, 0.1) is 34.8 Å². The van der Waals surface area contributed by atoms with E-state index in [2.05, 4.69) is 22.5 Å². The molecule has 0 radical (unpaired) electrons. The summed E-state index contributed by atoms with van der Waals surface area (Å²) in [5.74, 6) is 0.607. The minimum atomic E-state index is -0.283. The van der Waals surface area contributed by atoms with Crippen molar-refractivity contribution in [3.8, 4) is 17.0 Å². The molecule has 1 fully saturated rings. The van der Waals surface area contributed by atoms with E-state index < -0.39 is 0 Å². The number of hydrogen-bond donors (Lipinski definition) is 3. The van der Waals surface area contributed by atoms with Crippen molar-refractivity contribution in [3.63, 3.8) is 0 Å². The molecule has 4 aromatic rings. The lowest BCUT2D eigenvalue weighted by Crippen LogP contribution is -2.46. The third-order valence-corrected chi connectivity index (χ3v) is 6.80. The number of rotatable bonds is 5. The first-order chi connectivity index (χ1) is 16.9. The number of hydrogen-bond acceptors (Lipinski definition) is 6. The SMILES string of the molecule is COc1cc(C(=O)Nc2ccccc2)ccc1-c1nn(C2(C)CCCNC2)c2c(Cl)cnc(N)c12. The predicted molar refractivity (Wildman–Crippen MR) is 139 cm³/mol. The molecule has 1 aliphatic heterocycles. The Morgan fingerprint density at radius 3 is 2.77 bits per heavy atom. The van der Waals surface area contributed by atoms with Gasteiger partial charge in [-0.3, -0.25) is 9.48 Å². The van der Waals surface area contributed by atoms with Crippen LogP contribution < -0.4 is 21.1 Å². The summed E-state index contributed by atoms with van der Waals surface area (Å²) < 4.78 is 7.68. The van der Waals surface area contributed by atoms with Gasteiger partial charge < -0.3 is 21.1 Å². The van der Waals surface area contributed by atoms with E-state index in [1.54, 1.807) is 25.4 Å². The molecule has 1 saturated heterocycles. The highest BCUT2D eigenvalue weighted by atomic mass is 35.5. The molecule has 2 aromatic carbocycles. The molecule has 1 atom stereocenters. The Kier molecular flexibility index (Phi) is 6.08. The smallest absolute Gasteiger partial charge is 0.255 e. The monoisotopic (exact) mass is 490 g/mol. The second-order valence-corrected chi connectivity index (χ2v) is 9.40. The van der Waals surface area contributed by atoms with Gasteiger partial charge in [0.25, 0.3) is 5.91 Å². The molecule has 3 heterocycles. The maximum Gasteiger partial charge on any atom is 0.255 e. The highest BCUT2D eigenvalue weighted by Crippen LogP contribution is 2.42. The van der Waals surface area contributed by atoms with Gasteiger partial charge in [-0.2, -0.15) is 5.10 Å². The zero-order valence-corrected chi connectivity index (χ0v) is 20.4. The lowest BCUT2D eigenvalue weighted by Gasteiger charge is -2.35. The number of nitrogens with zero attached hydrogens (tertiary/aromatic N) is 3. The fourth-order valence-electron chi connectivity index (χ4n) is 4.69. The van der Waals surface area contributed by atoms with Gasteiger partial charge in [0, 0.05) is 23.4 Å². The van der Waals surface area contributed by atoms with Gasteiger partial charge in [-0.1, -0.05) is 29.8 Å². The van der Waals surface area contributed by atoms with Crippen LogP contribution in [0.1, 0.15) is 30.1 Å². The highest BCUT2D eigenvalue weighted by molar-refractivity contribution is 6.35. The average molecular weight is 491 g/mol. The van der Waals surface area contributed by atoms with Gasteiger partial charge in [0.15, 0.2) is 0 Å². The Morgan fingerprint density at radius 1 is 1.26 bits per heavy atom. The Morgan fingerprint density at radius 2 is 2.06 bits per heavy atom. The second kappa shape index (κ2) is 9.20. The number of amides is 1. The predicted octanol–water partition coefficient (Wildman–Crippen LogP) is 4.69. The minimum absolute atomic E-state index is 0.235. The number of carbonyl (C=O) groups is 1. The first-order valence-corrected chi connectivity index (χ1v) is 11.9. The molecule has 1 unspecified atom stereocenters. The van der Waals surface area contributed by atoms with E-state index in [0.29, 0.717) is 44.5 Å². The third kappa shape index (κ3) is 4.19. The van der Waals surface area contributed by atoms with E-state index in [1.807, 2.05) is 41.1 Å². The molecular formula is C26H27ClN6O2. The lowest BCUT2D eigenvalue weighted by atomic mass is 9.92. The first-order valence-electron chi connectivity index (χ1n) is 11.5. The summed E-state index contributed by atoms with van der Waals surface area (Å²) in [7, 11) is 1.57. The number of ether oxygens (including phenoxy) is 1. The summed E-state index contributed by atoms with van der Waals surface area (Å²) in [5.41, 5.74) is 9.32. The third-order valence-electron chi connectivity index (χ3n) is 6.52. The van der Waals surface area contributed by atoms with Crippen molar-refractivity contribution >= 4 is 39.9 Å². The number of piperidine rings is 1. The van der Waals surface area contributed by atoms with Crippen LogP contribution in [0.4, 0.5) is 11.5 Å². The molecule has 1 aliphatic rings. The van der Waals surface area contributed by atoms with Crippen LogP contribution in [0.15, 0.2) is 54.7 Å². The number of nitrogens with two attached hydrogens (primary N) is 1. The van der Waals surface area contributed by atoms with Gasteiger partial charge in [-0.05, 0) is 56.6 Å². The number of methoxy groups -OCH3 is 1. The van der Waals surface area contributed by atoms with Gasteiger partial charge >= 0.3 is 0 Å². The lowest BCUT2D eigenvalue weighted by molar-refractivity contribution is 0.102. The van der Waals surface area contributed by atoms with E-state index in [0.717, 1.165) is 31.4 Å². The number of carbonyl (C=O) groups excluding carboxylic acids is 1. The number of nitrogen functional groups attached to an aromatic ring is 1. The van der Waals surface area contributed by atoms with Crippen molar-refractivity contribution in [3.05, 3.63) is 65.3 Å². The minimum Gasteiger partial charge on any atom is -0.496 e. The van der Waals surface area contributed by atoms with Crippen molar-refractivity contribution in [2.75, 3.05) is 31.2 Å². The van der Waals surface area contributed by atoms with Crippen molar-refractivity contribution in [2.45, 2.75) is 25.3 Å². The van der Waals surface area contributed by atoms with Crippen LogP contribution in [-0.4, -0.2) is 40.9 Å². The van der Waals surface area contributed by atoms with Crippen LogP contribution in [0.3, 0.4) is 0 Å². The number of nitrogens with one attached hydrogen (secondary N) is 2. The van der Waals surface area contributed by atoms with Crippen LogP contribution in [0.2, 0.25) is 5.02 Å². The van der Waals surface area contributed by atoms with Crippen LogP contribution in [0, 0.1) is 0 Å². The molecule has 0 aliphatic carbocycles. The van der Waals surface area contributed by atoms with Gasteiger partial charge in [-0.15, -0.1) is 0 Å². The molecular weight excluding hydrogens is 464 g/mol. The number of aromatic nitrogens is 3. The summed E-state index contributed by atoms with van der Waals surface area (Å²) in [4.78, 5) is 17.1. The maximum atomic E-state index is 12.9. The van der Waals surface area contributed by atoms with Crippen LogP contribution >= 0.6 is 11.6 Å². The summed E-state index contributed by atoms with van der Waals surface area (Å²) in [5, 5.41) is 12.5. The zero-order valence-electron chi connectivity index (χ0n) is 19.6. The normalized spacial score (nSPS) is 17.9. The summed E-state index contributed by atoms with van der Waals surface area (Å²) in [6.45, 7) is 3.90. The topological polar surface area (TPSA) is 107 Å². The second-order valence-electron chi connectivity index (χ2n) is 8.99. The molecule has 2 aromatic heterocycles. The number of pyridine rings is 1. The van der Waals surface area contributed by atoms with Crippen molar-refractivity contribution in [1.29, 1.82) is 0 Å². The van der Waals surface area contributed by atoms with Crippen LogP contribution in [0.25, 0.3) is 22.2 Å². The number of para-hydroxylation sites is 1. The van der Waals surface area contributed by atoms with Gasteiger partial charge in [0.1, 0.15) is 17.3 Å². The fraction of sp³-hybridized carbons (Fsp3) is 0.269.